The molecular weight excluding hydrogens is 358 g/mol. The molecule has 5 fully saturated rings. The smallest absolute Gasteiger partial charge is 0.311 e. The molecule has 6 heteroatoms. The molecule has 0 radical (unpaired) electrons. The lowest BCUT2D eigenvalue weighted by molar-refractivity contribution is -0.177. The molecule has 0 spiro atoms. The minimum Gasteiger partial charge on any atom is -0.460 e. The molecule has 6 nitrogen and oxygen atoms in total. The van der Waals surface area contributed by atoms with E-state index in [0.717, 1.165) is 45.1 Å². The first kappa shape index (κ1) is 18.9. The van der Waals surface area contributed by atoms with E-state index in [-0.39, 0.29) is 48.2 Å². The molecule has 28 heavy (non-hydrogen) atoms. The highest BCUT2D eigenvalue weighted by Crippen LogP contribution is 2.49. The summed E-state index contributed by atoms with van der Waals surface area (Å²) in [5.74, 6) is 0.472. The molecule has 0 aromatic heterocycles. The van der Waals surface area contributed by atoms with Crippen molar-refractivity contribution in [3.8, 4) is 0 Å². The van der Waals surface area contributed by atoms with Gasteiger partial charge in [0.2, 0.25) is 0 Å². The standard InChI is InChI=1S/C22H33NO5/c1-4-13-18-15-8-7-14(17-10-11(2)21(24)27-17)23(15)9-5-6-16(18)26-19-12(3)22(25)28-20(13)19/h11-20H,4-10H2,1-3H3/t11-,12+,13-,14-,15-,16-,17-,18+,19-,20-/m0/s1. The summed E-state index contributed by atoms with van der Waals surface area (Å²) in [5, 5.41) is 0. The predicted octanol–water partition coefficient (Wildman–Crippen LogP) is 2.54. The molecule has 156 valence electrons. The van der Waals surface area contributed by atoms with Gasteiger partial charge >= 0.3 is 11.9 Å². The second-order valence-electron chi connectivity index (χ2n) is 9.68. The van der Waals surface area contributed by atoms with Crippen LogP contribution in [-0.4, -0.2) is 59.9 Å². The predicted molar refractivity (Wildman–Crippen MR) is 101 cm³/mol. The summed E-state index contributed by atoms with van der Waals surface area (Å²) in [6.45, 7) is 7.20. The third-order valence-electron chi connectivity index (χ3n) is 8.23. The molecule has 5 aliphatic rings. The van der Waals surface area contributed by atoms with Crippen molar-refractivity contribution in [2.24, 2.45) is 23.7 Å². The Labute approximate surface area is 167 Å². The van der Waals surface area contributed by atoms with Gasteiger partial charge in [0.25, 0.3) is 0 Å². The Morgan fingerprint density at radius 3 is 2.46 bits per heavy atom. The van der Waals surface area contributed by atoms with E-state index < -0.39 is 0 Å². The first-order valence-corrected chi connectivity index (χ1v) is 11.3. The van der Waals surface area contributed by atoms with Gasteiger partial charge in [-0.2, -0.15) is 0 Å². The van der Waals surface area contributed by atoms with Gasteiger partial charge in [-0.1, -0.05) is 13.8 Å². The van der Waals surface area contributed by atoms with Gasteiger partial charge in [-0.25, -0.2) is 0 Å². The molecule has 0 N–H and O–H groups in total. The van der Waals surface area contributed by atoms with Crippen LogP contribution >= 0.6 is 0 Å². The van der Waals surface area contributed by atoms with E-state index >= 15 is 0 Å². The van der Waals surface area contributed by atoms with Gasteiger partial charge in [-0.15, -0.1) is 0 Å². The van der Waals surface area contributed by atoms with Crippen LogP contribution in [0.1, 0.15) is 59.3 Å². The number of fused-ring (bicyclic) bond motifs is 4. The van der Waals surface area contributed by atoms with Crippen LogP contribution in [-0.2, 0) is 23.8 Å². The average Bonchev–Trinajstić information content (AvgIpc) is 3.27. The summed E-state index contributed by atoms with van der Waals surface area (Å²) in [5.41, 5.74) is 0. The molecule has 10 atom stereocenters. The van der Waals surface area contributed by atoms with Crippen LogP contribution < -0.4 is 0 Å². The Bertz CT molecular complexity index is 653. The van der Waals surface area contributed by atoms with Gasteiger partial charge in [0.15, 0.2) is 0 Å². The maximum absolute atomic E-state index is 12.2. The summed E-state index contributed by atoms with van der Waals surface area (Å²) in [6.07, 6.45) is 6.26. The van der Waals surface area contributed by atoms with Crippen LogP contribution in [0.4, 0.5) is 0 Å². The molecular formula is C22H33NO5. The lowest BCUT2D eigenvalue weighted by Gasteiger charge is -2.47. The molecule has 0 amide bonds. The summed E-state index contributed by atoms with van der Waals surface area (Å²) < 4.78 is 18.1. The van der Waals surface area contributed by atoms with Crippen molar-refractivity contribution >= 4 is 11.9 Å². The average molecular weight is 392 g/mol. The molecule has 5 saturated heterocycles. The molecule has 0 bridgehead atoms. The largest absolute Gasteiger partial charge is 0.460 e. The van der Waals surface area contributed by atoms with Gasteiger partial charge in [0.1, 0.15) is 18.3 Å². The van der Waals surface area contributed by atoms with E-state index in [9.17, 15) is 9.59 Å². The maximum atomic E-state index is 12.2. The van der Waals surface area contributed by atoms with Crippen molar-refractivity contribution in [2.45, 2.75) is 95.8 Å². The lowest BCUT2D eigenvalue weighted by atomic mass is 9.72. The fourth-order valence-electron chi connectivity index (χ4n) is 6.87. The molecule has 0 aromatic rings. The number of nitrogens with zero attached hydrogens (tertiary/aromatic N) is 1. The van der Waals surface area contributed by atoms with Crippen LogP contribution in [0.2, 0.25) is 0 Å². The van der Waals surface area contributed by atoms with Gasteiger partial charge < -0.3 is 14.2 Å². The van der Waals surface area contributed by atoms with Crippen molar-refractivity contribution in [2.75, 3.05) is 6.54 Å². The first-order chi connectivity index (χ1) is 13.5. The maximum Gasteiger partial charge on any atom is 0.311 e. The Kier molecular flexibility index (Phi) is 4.70. The summed E-state index contributed by atoms with van der Waals surface area (Å²) in [6, 6.07) is 0.769. The number of esters is 2. The van der Waals surface area contributed by atoms with Crippen molar-refractivity contribution in [3.63, 3.8) is 0 Å². The molecule has 0 saturated carbocycles. The normalized spacial score (nSPS) is 51.1. The number of hydrogen-bond acceptors (Lipinski definition) is 6. The lowest BCUT2D eigenvalue weighted by Crippen LogP contribution is -2.56. The van der Waals surface area contributed by atoms with E-state index in [4.69, 9.17) is 14.2 Å². The highest BCUT2D eigenvalue weighted by Gasteiger charge is 2.58. The van der Waals surface area contributed by atoms with Crippen LogP contribution in [0.15, 0.2) is 0 Å². The third-order valence-corrected chi connectivity index (χ3v) is 8.23. The highest BCUT2D eigenvalue weighted by molar-refractivity contribution is 5.75. The molecule has 0 aliphatic carbocycles. The van der Waals surface area contributed by atoms with E-state index in [1.54, 1.807) is 0 Å². The number of ether oxygens (including phenoxy) is 3. The SMILES string of the molecule is CC[C@@H]1[C@@H]2OC(=O)[C@H](C)[C@@H]2O[C@H]2CCCN3[C@@H](CC[C@H]3[C@@H]3C[C@H](C)C(=O)O3)[C@@H]12. The number of cyclic esters (lactones) is 1. The zero-order chi connectivity index (χ0) is 19.6. The number of rotatable bonds is 2. The first-order valence-electron chi connectivity index (χ1n) is 11.3. The van der Waals surface area contributed by atoms with Gasteiger partial charge in [-0.05, 0) is 52.0 Å². The topological polar surface area (TPSA) is 65.1 Å². The summed E-state index contributed by atoms with van der Waals surface area (Å²) in [4.78, 5) is 26.8. The molecule has 5 heterocycles. The van der Waals surface area contributed by atoms with E-state index in [1.165, 1.54) is 0 Å². The fourth-order valence-corrected chi connectivity index (χ4v) is 6.87. The number of carbonyl (C=O) groups is 2. The minimum atomic E-state index is -0.157. The van der Waals surface area contributed by atoms with Crippen LogP contribution in [0.5, 0.6) is 0 Å². The van der Waals surface area contributed by atoms with Crippen LogP contribution in [0, 0.1) is 23.7 Å². The molecule has 0 unspecified atom stereocenters. The number of hydrogen-bond donors (Lipinski definition) is 0. The van der Waals surface area contributed by atoms with E-state index in [1.807, 2.05) is 13.8 Å². The summed E-state index contributed by atoms with van der Waals surface area (Å²) in [7, 11) is 0. The molecule has 5 aliphatic heterocycles. The van der Waals surface area contributed by atoms with E-state index in [2.05, 4.69) is 11.8 Å². The van der Waals surface area contributed by atoms with Crippen LogP contribution in [0.25, 0.3) is 0 Å². The Morgan fingerprint density at radius 1 is 0.964 bits per heavy atom. The molecule has 0 aromatic carbocycles. The molecule has 5 rings (SSSR count). The van der Waals surface area contributed by atoms with Gasteiger partial charge in [-0.3, -0.25) is 14.5 Å². The third kappa shape index (κ3) is 2.74. The Balaban J connectivity index is 1.41. The minimum absolute atomic E-state index is 0.0188. The van der Waals surface area contributed by atoms with Crippen molar-refractivity contribution in [1.82, 2.24) is 4.90 Å². The number of carbonyl (C=O) groups excluding carboxylic acids is 2. The monoisotopic (exact) mass is 391 g/mol. The zero-order valence-electron chi connectivity index (χ0n) is 17.2. The van der Waals surface area contributed by atoms with Gasteiger partial charge in [0, 0.05) is 23.9 Å². The van der Waals surface area contributed by atoms with Crippen LogP contribution in [0.3, 0.4) is 0 Å². The van der Waals surface area contributed by atoms with Gasteiger partial charge in [0.05, 0.1) is 17.9 Å². The quantitative estimate of drug-likeness (QED) is 0.674. The van der Waals surface area contributed by atoms with E-state index in [0.29, 0.717) is 23.9 Å². The van der Waals surface area contributed by atoms with Crippen molar-refractivity contribution in [1.29, 1.82) is 0 Å². The fraction of sp³-hybridized carbons (Fsp3) is 0.909. The second kappa shape index (κ2) is 6.98. The summed E-state index contributed by atoms with van der Waals surface area (Å²) >= 11 is 0. The van der Waals surface area contributed by atoms with Crippen molar-refractivity contribution < 1.29 is 23.8 Å². The van der Waals surface area contributed by atoms with Crippen molar-refractivity contribution in [3.05, 3.63) is 0 Å². The zero-order valence-corrected chi connectivity index (χ0v) is 17.2. The Morgan fingerprint density at radius 2 is 1.75 bits per heavy atom. The highest BCUT2D eigenvalue weighted by atomic mass is 16.6. The Hall–Kier alpha value is -1.14. The second-order valence-corrected chi connectivity index (χ2v) is 9.68.